The van der Waals surface area contributed by atoms with Crippen molar-refractivity contribution < 1.29 is 9.53 Å². The zero-order valence-electron chi connectivity index (χ0n) is 18.3. The highest BCUT2D eigenvalue weighted by Gasteiger charge is 2.25. The van der Waals surface area contributed by atoms with Gasteiger partial charge >= 0.3 is 6.03 Å². The van der Waals surface area contributed by atoms with Gasteiger partial charge in [-0.05, 0) is 54.5 Å². The molecule has 2 aromatic rings. The molecule has 0 radical (unpaired) electrons. The quantitative estimate of drug-likeness (QED) is 0.652. The van der Waals surface area contributed by atoms with Gasteiger partial charge in [0.15, 0.2) is 0 Å². The summed E-state index contributed by atoms with van der Waals surface area (Å²) in [5.74, 6) is 0.913. The molecule has 3 rings (SSSR count). The van der Waals surface area contributed by atoms with Gasteiger partial charge in [-0.3, -0.25) is 4.90 Å². The van der Waals surface area contributed by atoms with E-state index in [4.69, 9.17) is 4.74 Å². The van der Waals surface area contributed by atoms with E-state index in [1.54, 1.807) is 11.3 Å². The van der Waals surface area contributed by atoms with Gasteiger partial charge in [0.2, 0.25) is 0 Å². The lowest BCUT2D eigenvalue weighted by atomic mass is 10.1. The number of carbonyl (C=O) groups excluding carboxylic acids is 1. The molecule has 164 valence electrons. The van der Waals surface area contributed by atoms with Crippen LogP contribution in [0.2, 0.25) is 0 Å². The average molecular weight is 431 g/mol. The largest absolute Gasteiger partial charge is 0.492 e. The van der Waals surface area contributed by atoms with E-state index in [9.17, 15) is 4.79 Å². The molecule has 1 fully saturated rings. The summed E-state index contributed by atoms with van der Waals surface area (Å²) in [6, 6.07) is 10.5. The molecule has 1 atom stereocenters. The van der Waals surface area contributed by atoms with Crippen LogP contribution >= 0.6 is 11.3 Å². The van der Waals surface area contributed by atoms with Gasteiger partial charge in [0.1, 0.15) is 5.75 Å². The van der Waals surface area contributed by atoms with Gasteiger partial charge in [0.25, 0.3) is 0 Å². The summed E-state index contributed by atoms with van der Waals surface area (Å²) < 4.78 is 5.77. The summed E-state index contributed by atoms with van der Waals surface area (Å²) in [6.45, 7) is 12.6. The predicted molar refractivity (Wildman–Crippen MR) is 125 cm³/mol. The number of benzene rings is 1. The molecule has 0 aliphatic carbocycles. The summed E-state index contributed by atoms with van der Waals surface area (Å²) in [5.41, 5.74) is 2.39. The zero-order valence-corrected chi connectivity index (χ0v) is 19.2. The number of para-hydroxylation sites is 2. The number of hydrogen-bond donors (Lipinski definition) is 1. The van der Waals surface area contributed by atoms with E-state index in [0.717, 1.165) is 37.6 Å². The number of hydrogen-bond acceptors (Lipinski definition) is 5. The molecule has 1 saturated heterocycles. The van der Waals surface area contributed by atoms with E-state index < -0.39 is 0 Å². The number of anilines is 1. The molecule has 7 heteroatoms. The molecule has 2 heterocycles. The van der Waals surface area contributed by atoms with E-state index in [-0.39, 0.29) is 12.1 Å². The zero-order chi connectivity index (χ0) is 21.3. The fourth-order valence-corrected chi connectivity index (χ4v) is 4.74. The number of ether oxygens (including phenoxy) is 1. The van der Waals surface area contributed by atoms with Crippen LogP contribution in [0, 0.1) is 0 Å². The lowest BCUT2D eigenvalue weighted by Crippen LogP contribution is -2.53. The van der Waals surface area contributed by atoms with Crippen molar-refractivity contribution in [1.29, 1.82) is 0 Å². The second-order valence-corrected chi connectivity index (χ2v) is 8.13. The average Bonchev–Trinajstić information content (AvgIpc) is 3.32. The van der Waals surface area contributed by atoms with Crippen molar-refractivity contribution in [2.75, 3.05) is 57.3 Å². The summed E-state index contributed by atoms with van der Waals surface area (Å²) in [4.78, 5) is 19.5. The minimum absolute atomic E-state index is 0.0279. The summed E-state index contributed by atoms with van der Waals surface area (Å²) in [7, 11) is 0. The Balaban J connectivity index is 1.55. The predicted octanol–water partition coefficient (Wildman–Crippen LogP) is 4.06. The lowest BCUT2D eigenvalue weighted by Gasteiger charge is -2.37. The maximum Gasteiger partial charge on any atom is 0.317 e. The summed E-state index contributed by atoms with van der Waals surface area (Å²) in [5, 5.41) is 7.47. The molecule has 1 aromatic carbocycles. The van der Waals surface area contributed by atoms with Crippen molar-refractivity contribution >= 4 is 23.1 Å². The van der Waals surface area contributed by atoms with Crippen molar-refractivity contribution in [3.05, 3.63) is 46.7 Å². The SMILES string of the molecule is CCOc1ccccc1N1CCN(C(=O)NCC(c2ccsc2)N(CC)CC)CC1. The van der Waals surface area contributed by atoms with E-state index in [1.807, 2.05) is 30.0 Å². The van der Waals surface area contributed by atoms with E-state index in [1.165, 1.54) is 5.56 Å². The van der Waals surface area contributed by atoms with E-state index in [0.29, 0.717) is 26.2 Å². The third-order valence-corrected chi connectivity index (χ3v) is 6.40. The molecule has 6 nitrogen and oxygen atoms in total. The van der Waals surface area contributed by atoms with Crippen LogP contribution in [-0.4, -0.2) is 68.3 Å². The number of nitrogens with one attached hydrogen (secondary N) is 1. The third-order valence-electron chi connectivity index (χ3n) is 5.70. The number of nitrogens with zero attached hydrogens (tertiary/aromatic N) is 3. The lowest BCUT2D eigenvalue weighted by molar-refractivity contribution is 0.180. The van der Waals surface area contributed by atoms with Crippen molar-refractivity contribution in [3.63, 3.8) is 0 Å². The van der Waals surface area contributed by atoms with Gasteiger partial charge in [0, 0.05) is 32.7 Å². The molecule has 0 spiro atoms. The van der Waals surface area contributed by atoms with Crippen LogP contribution in [0.4, 0.5) is 10.5 Å². The Morgan fingerprint density at radius 1 is 1.13 bits per heavy atom. The Bertz CT molecular complexity index is 771. The van der Waals surface area contributed by atoms with Gasteiger partial charge in [0.05, 0.1) is 18.3 Å². The number of carbonyl (C=O) groups is 1. The second-order valence-electron chi connectivity index (χ2n) is 7.35. The third kappa shape index (κ3) is 5.46. The number of rotatable bonds is 9. The van der Waals surface area contributed by atoms with Crippen LogP contribution in [0.25, 0.3) is 0 Å². The van der Waals surface area contributed by atoms with Crippen molar-refractivity contribution in [2.45, 2.75) is 26.8 Å². The Hall–Kier alpha value is -2.25. The van der Waals surface area contributed by atoms with Gasteiger partial charge in [-0.1, -0.05) is 26.0 Å². The normalized spacial score (nSPS) is 15.3. The highest BCUT2D eigenvalue weighted by Crippen LogP contribution is 2.29. The Morgan fingerprint density at radius 2 is 1.87 bits per heavy atom. The minimum atomic E-state index is 0.0279. The molecule has 2 amide bonds. The van der Waals surface area contributed by atoms with Crippen LogP contribution in [0.1, 0.15) is 32.4 Å². The molecule has 0 saturated carbocycles. The molecular formula is C23H34N4O2S. The standard InChI is InChI=1S/C23H34N4O2S/c1-4-25(5-2)21(19-11-16-30-18-19)17-24-23(28)27-14-12-26(13-15-27)20-9-7-8-10-22(20)29-6-3/h7-11,16,18,21H,4-6,12-15,17H2,1-3H3,(H,24,28). The molecule has 1 unspecified atom stereocenters. The maximum atomic E-state index is 12.8. The summed E-state index contributed by atoms with van der Waals surface area (Å²) >= 11 is 1.71. The van der Waals surface area contributed by atoms with Gasteiger partial charge < -0.3 is 19.9 Å². The molecule has 1 aliphatic rings. The first-order valence-electron chi connectivity index (χ1n) is 10.9. The highest BCUT2D eigenvalue weighted by atomic mass is 32.1. The van der Waals surface area contributed by atoms with E-state index >= 15 is 0 Å². The number of urea groups is 1. The highest BCUT2D eigenvalue weighted by molar-refractivity contribution is 7.07. The fourth-order valence-electron chi connectivity index (χ4n) is 4.03. The number of thiophene rings is 1. The summed E-state index contributed by atoms with van der Waals surface area (Å²) in [6.07, 6.45) is 0. The van der Waals surface area contributed by atoms with Crippen molar-refractivity contribution in [1.82, 2.24) is 15.1 Å². The number of amides is 2. The van der Waals surface area contributed by atoms with Crippen LogP contribution in [0.3, 0.4) is 0 Å². The Morgan fingerprint density at radius 3 is 2.50 bits per heavy atom. The molecule has 1 aromatic heterocycles. The maximum absolute atomic E-state index is 12.8. The number of likely N-dealkylation sites (N-methyl/N-ethyl adjacent to an activating group) is 1. The van der Waals surface area contributed by atoms with Gasteiger partial charge in [-0.25, -0.2) is 4.79 Å². The molecule has 1 N–H and O–H groups in total. The first kappa shape index (κ1) is 22.4. The van der Waals surface area contributed by atoms with Crippen molar-refractivity contribution in [2.24, 2.45) is 0 Å². The smallest absolute Gasteiger partial charge is 0.317 e. The van der Waals surface area contributed by atoms with Crippen LogP contribution in [0.5, 0.6) is 5.75 Å². The Kier molecular flexibility index (Phi) is 8.39. The van der Waals surface area contributed by atoms with Crippen LogP contribution < -0.4 is 15.0 Å². The number of piperazine rings is 1. The molecule has 0 bridgehead atoms. The molecule has 1 aliphatic heterocycles. The van der Waals surface area contributed by atoms with Crippen LogP contribution in [-0.2, 0) is 0 Å². The topological polar surface area (TPSA) is 48.1 Å². The first-order valence-corrected chi connectivity index (χ1v) is 11.9. The molecule has 30 heavy (non-hydrogen) atoms. The second kappa shape index (κ2) is 11.2. The fraction of sp³-hybridized carbons (Fsp3) is 0.522. The van der Waals surface area contributed by atoms with Crippen LogP contribution in [0.15, 0.2) is 41.1 Å². The monoisotopic (exact) mass is 430 g/mol. The Labute approximate surface area is 184 Å². The van der Waals surface area contributed by atoms with Gasteiger partial charge in [-0.2, -0.15) is 11.3 Å². The van der Waals surface area contributed by atoms with Gasteiger partial charge in [-0.15, -0.1) is 0 Å². The molecular weight excluding hydrogens is 396 g/mol. The minimum Gasteiger partial charge on any atom is -0.492 e. The van der Waals surface area contributed by atoms with Crippen molar-refractivity contribution in [3.8, 4) is 5.75 Å². The van der Waals surface area contributed by atoms with E-state index in [2.05, 4.69) is 51.9 Å². The first-order chi connectivity index (χ1) is 14.7.